The lowest BCUT2D eigenvalue weighted by Crippen LogP contribution is -2.26. The molecular weight excluding hydrogens is 352 g/mol. The Kier molecular flexibility index (Phi) is 8.09. The third-order valence-electron chi connectivity index (χ3n) is 3.95. The maximum absolute atomic E-state index is 11.9. The highest BCUT2D eigenvalue weighted by Gasteiger charge is 2.10. The zero-order valence-corrected chi connectivity index (χ0v) is 15.9. The molecule has 0 aromatic heterocycles. The van der Waals surface area contributed by atoms with Crippen LogP contribution in [0.2, 0.25) is 5.02 Å². The van der Waals surface area contributed by atoms with Crippen LogP contribution in [0.1, 0.15) is 18.4 Å². The number of rotatable bonds is 10. The van der Waals surface area contributed by atoms with Crippen molar-refractivity contribution >= 4 is 23.2 Å². The Labute approximate surface area is 159 Å². The number of benzene rings is 2. The van der Waals surface area contributed by atoms with Gasteiger partial charge in [-0.1, -0.05) is 41.9 Å². The second kappa shape index (κ2) is 10.6. The molecule has 0 bridgehead atoms. The van der Waals surface area contributed by atoms with Crippen LogP contribution in [0.25, 0.3) is 0 Å². The maximum Gasteiger partial charge on any atom is 0.221 e. The number of methoxy groups -OCH3 is 2. The normalized spacial score (nSPS) is 10.3. The monoisotopic (exact) mass is 376 g/mol. The molecule has 0 saturated carbocycles. The number of halogens is 1. The van der Waals surface area contributed by atoms with E-state index in [-0.39, 0.29) is 5.91 Å². The number of hydrogen-bond acceptors (Lipinski definition) is 4. The summed E-state index contributed by atoms with van der Waals surface area (Å²) in [7, 11) is 3.13. The van der Waals surface area contributed by atoms with Crippen LogP contribution in [0.5, 0.6) is 11.5 Å². The van der Waals surface area contributed by atoms with Gasteiger partial charge in [-0.3, -0.25) is 4.79 Å². The van der Waals surface area contributed by atoms with E-state index < -0.39 is 0 Å². The van der Waals surface area contributed by atoms with Crippen LogP contribution in [-0.2, 0) is 11.2 Å². The van der Waals surface area contributed by atoms with Gasteiger partial charge in [-0.15, -0.1) is 0 Å². The van der Waals surface area contributed by atoms with Crippen molar-refractivity contribution in [3.63, 3.8) is 0 Å². The van der Waals surface area contributed by atoms with Gasteiger partial charge in [0, 0.05) is 31.6 Å². The van der Waals surface area contributed by atoms with Crippen molar-refractivity contribution in [1.29, 1.82) is 0 Å². The Morgan fingerprint density at radius 1 is 1.04 bits per heavy atom. The van der Waals surface area contributed by atoms with E-state index in [0.29, 0.717) is 36.0 Å². The van der Waals surface area contributed by atoms with E-state index in [9.17, 15) is 4.79 Å². The molecule has 0 aliphatic carbocycles. The number of hydrogen-bond donors (Lipinski definition) is 2. The Hall–Kier alpha value is -2.40. The van der Waals surface area contributed by atoms with Crippen LogP contribution < -0.4 is 20.1 Å². The van der Waals surface area contributed by atoms with E-state index in [1.807, 2.05) is 18.2 Å². The summed E-state index contributed by atoms with van der Waals surface area (Å²) in [5.74, 6) is 1.19. The van der Waals surface area contributed by atoms with Crippen molar-refractivity contribution in [3.8, 4) is 11.5 Å². The molecule has 26 heavy (non-hydrogen) atoms. The minimum absolute atomic E-state index is 0.0189. The quantitative estimate of drug-likeness (QED) is 0.617. The van der Waals surface area contributed by atoms with E-state index >= 15 is 0 Å². The Morgan fingerprint density at radius 3 is 2.46 bits per heavy atom. The van der Waals surface area contributed by atoms with Crippen molar-refractivity contribution in [2.75, 3.05) is 32.6 Å². The summed E-state index contributed by atoms with van der Waals surface area (Å²) in [6.07, 6.45) is 2.26. The molecule has 5 nitrogen and oxygen atoms in total. The largest absolute Gasteiger partial charge is 0.495 e. The lowest BCUT2D eigenvalue weighted by Gasteiger charge is -2.14. The number of carbonyl (C=O) groups excluding carboxylic acids is 1. The van der Waals surface area contributed by atoms with Gasteiger partial charge in [-0.05, 0) is 18.4 Å². The van der Waals surface area contributed by atoms with Crippen LogP contribution in [0.3, 0.4) is 0 Å². The number of nitrogens with one attached hydrogen (secondary N) is 2. The van der Waals surface area contributed by atoms with E-state index in [0.717, 1.165) is 18.5 Å². The van der Waals surface area contributed by atoms with Gasteiger partial charge in [0.25, 0.3) is 0 Å². The Morgan fingerprint density at radius 2 is 1.77 bits per heavy atom. The summed E-state index contributed by atoms with van der Waals surface area (Å²) >= 11 is 6.08. The molecule has 2 aromatic carbocycles. The van der Waals surface area contributed by atoms with Crippen LogP contribution >= 0.6 is 11.6 Å². The molecule has 2 aromatic rings. The first-order valence-corrected chi connectivity index (χ1v) is 8.98. The van der Waals surface area contributed by atoms with Gasteiger partial charge in [-0.2, -0.15) is 0 Å². The molecule has 0 atom stereocenters. The molecule has 0 fully saturated rings. The average molecular weight is 377 g/mol. The highest BCUT2D eigenvalue weighted by molar-refractivity contribution is 6.32. The van der Waals surface area contributed by atoms with E-state index in [1.54, 1.807) is 26.4 Å². The molecule has 0 aliphatic rings. The van der Waals surface area contributed by atoms with Gasteiger partial charge in [0.15, 0.2) is 0 Å². The summed E-state index contributed by atoms with van der Waals surface area (Å²) in [5.41, 5.74) is 2.03. The summed E-state index contributed by atoms with van der Waals surface area (Å²) < 4.78 is 10.5. The van der Waals surface area contributed by atoms with Crippen LogP contribution in [-0.4, -0.2) is 33.2 Å². The van der Waals surface area contributed by atoms with Gasteiger partial charge in [0.05, 0.1) is 24.9 Å². The fraction of sp³-hybridized carbons (Fsp3) is 0.350. The van der Waals surface area contributed by atoms with Crippen LogP contribution in [0.15, 0.2) is 42.5 Å². The van der Waals surface area contributed by atoms with E-state index in [1.165, 1.54) is 5.56 Å². The zero-order valence-electron chi connectivity index (χ0n) is 15.2. The van der Waals surface area contributed by atoms with Gasteiger partial charge < -0.3 is 20.1 Å². The van der Waals surface area contributed by atoms with Gasteiger partial charge in [-0.25, -0.2) is 0 Å². The highest BCUT2D eigenvalue weighted by atomic mass is 35.5. The first-order chi connectivity index (χ1) is 12.6. The minimum atomic E-state index is 0.0189. The average Bonchev–Trinajstić information content (AvgIpc) is 2.66. The molecule has 0 unspecified atom stereocenters. The fourth-order valence-corrected chi connectivity index (χ4v) is 2.79. The van der Waals surface area contributed by atoms with Crippen LogP contribution in [0.4, 0.5) is 5.69 Å². The predicted octanol–water partition coefficient (Wildman–Crippen LogP) is 3.91. The predicted molar refractivity (Wildman–Crippen MR) is 105 cm³/mol. The Balaban J connectivity index is 1.71. The lowest BCUT2D eigenvalue weighted by atomic mass is 10.1. The number of ether oxygens (including phenoxy) is 2. The zero-order chi connectivity index (χ0) is 18.8. The summed E-state index contributed by atoms with van der Waals surface area (Å²) in [6, 6.07) is 13.7. The molecule has 6 heteroatoms. The molecule has 0 heterocycles. The molecule has 1 amide bonds. The minimum Gasteiger partial charge on any atom is -0.495 e. The SMILES string of the molecule is COc1cc(NCCC(=O)NCCCc2ccccc2)c(OC)cc1Cl. The van der Waals surface area contributed by atoms with Crippen LogP contribution in [0, 0.1) is 0 Å². The van der Waals surface area contributed by atoms with Crippen molar-refractivity contribution < 1.29 is 14.3 Å². The number of carbonyl (C=O) groups is 1. The molecular formula is C20H25ClN2O3. The van der Waals surface area contributed by atoms with Crippen molar-refractivity contribution in [3.05, 3.63) is 53.1 Å². The topological polar surface area (TPSA) is 59.6 Å². The molecule has 0 spiro atoms. The van der Waals surface area contributed by atoms with Gasteiger partial charge >= 0.3 is 0 Å². The summed E-state index contributed by atoms with van der Waals surface area (Å²) in [4.78, 5) is 11.9. The smallest absolute Gasteiger partial charge is 0.221 e. The van der Waals surface area contributed by atoms with Crippen molar-refractivity contribution in [2.24, 2.45) is 0 Å². The fourth-order valence-electron chi connectivity index (χ4n) is 2.56. The summed E-state index contributed by atoms with van der Waals surface area (Å²) in [5, 5.41) is 6.61. The van der Waals surface area contributed by atoms with Crippen molar-refractivity contribution in [2.45, 2.75) is 19.3 Å². The van der Waals surface area contributed by atoms with Gasteiger partial charge in [0.1, 0.15) is 11.5 Å². The highest BCUT2D eigenvalue weighted by Crippen LogP contribution is 2.35. The molecule has 0 radical (unpaired) electrons. The summed E-state index contributed by atoms with van der Waals surface area (Å²) in [6.45, 7) is 1.16. The third kappa shape index (κ3) is 6.15. The number of amides is 1. The number of aryl methyl sites for hydroxylation is 1. The molecule has 2 rings (SSSR count). The standard InChI is InChI=1S/C20H25ClN2O3/c1-25-18-14-17(19(26-2)13-16(18)21)22-12-10-20(24)23-11-6-9-15-7-4-3-5-8-15/h3-5,7-8,13-14,22H,6,9-12H2,1-2H3,(H,23,24). The van der Waals surface area contributed by atoms with Crippen molar-refractivity contribution in [1.82, 2.24) is 5.32 Å². The molecule has 2 N–H and O–H groups in total. The molecule has 0 saturated heterocycles. The molecule has 140 valence electrons. The maximum atomic E-state index is 11.9. The first-order valence-electron chi connectivity index (χ1n) is 8.60. The second-order valence-corrected chi connectivity index (χ2v) is 6.21. The third-order valence-corrected chi connectivity index (χ3v) is 4.24. The van der Waals surface area contributed by atoms with E-state index in [4.69, 9.17) is 21.1 Å². The Bertz CT molecular complexity index is 708. The molecule has 0 aliphatic heterocycles. The first kappa shape index (κ1) is 19.9. The second-order valence-electron chi connectivity index (χ2n) is 5.80. The van der Waals surface area contributed by atoms with E-state index in [2.05, 4.69) is 22.8 Å². The number of anilines is 1. The van der Waals surface area contributed by atoms with Gasteiger partial charge in [0.2, 0.25) is 5.91 Å². The lowest BCUT2D eigenvalue weighted by molar-refractivity contribution is -0.120.